The van der Waals surface area contributed by atoms with E-state index in [1.165, 1.54) is 24.9 Å². The Labute approximate surface area is 92.3 Å². The lowest BCUT2D eigenvalue weighted by atomic mass is 10.2. The summed E-state index contributed by atoms with van der Waals surface area (Å²) < 4.78 is 25.5. The van der Waals surface area contributed by atoms with Crippen molar-refractivity contribution in [2.24, 2.45) is 0 Å². The van der Waals surface area contributed by atoms with Crippen LogP contribution in [-0.2, 0) is 11.3 Å². The van der Waals surface area contributed by atoms with Gasteiger partial charge in [0.1, 0.15) is 6.10 Å². The fourth-order valence-corrected chi connectivity index (χ4v) is 1.31. The molecule has 1 N–H and O–H groups in total. The van der Waals surface area contributed by atoms with Crippen LogP contribution in [0.2, 0.25) is 0 Å². The molecule has 88 valence electrons. The van der Waals surface area contributed by atoms with Gasteiger partial charge in [-0.05, 0) is 24.6 Å². The Morgan fingerprint density at radius 2 is 2.06 bits per heavy atom. The summed E-state index contributed by atoms with van der Waals surface area (Å²) in [5, 5.41) is 9.04. The van der Waals surface area contributed by atoms with Crippen LogP contribution in [-0.4, -0.2) is 29.1 Å². The van der Waals surface area contributed by atoms with E-state index in [2.05, 4.69) is 0 Å². The second-order valence-corrected chi connectivity index (χ2v) is 3.62. The van der Waals surface area contributed by atoms with Crippen LogP contribution in [0.4, 0.5) is 8.78 Å². The van der Waals surface area contributed by atoms with Crippen molar-refractivity contribution in [2.45, 2.75) is 19.6 Å². The van der Waals surface area contributed by atoms with E-state index >= 15 is 0 Å². The van der Waals surface area contributed by atoms with Crippen molar-refractivity contribution in [3.05, 3.63) is 35.4 Å². The van der Waals surface area contributed by atoms with Crippen molar-refractivity contribution in [1.29, 1.82) is 0 Å². The third-order valence-corrected chi connectivity index (χ3v) is 2.14. The Balaban J connectivity index is 2.73. The van der Waals surface area contributed by atoms with Crippen LogP contribution in [0.25, 0.3) is 0 Å². The number of halogens is 2. The first-order valence-corrected chi connectivity index (χ1v) is 4.78. The lowest BCUT2D eigenvalue weighted by Crippen LogP contribution is -2.34. The maximum absolute atomic E-state index is 12.9. The number of aliphatic hydroxyl groups excluding tert-OH is 1. The minimum Gasteiger partial charge on any atom is -0.384 e. The van der Waals surface area contributed by atoms with E-state index < -0.39 is 23.6 Å². The molecule has 1 unspecified atom stereocenters. The topological polar surface area (TPSA) is 40.5 Å². The number of likely N-dealkylation sites (N-methyl/N-ethyl adjacent to an activating group) is 1. The van der Waals surface area contributed by atoms with Gasteiger partial charge in [-0.2, -0.15) is 0 Å². The molecule has 0 spiro atoms. The van der Waals surface area contributed by atoms with Crippen LogP contribution in [0, 0.1) is 11.6 Å². The third-order valence-electron chi connectivity index (χ3n) is 2.14. The van der Waals surface area contributed by atoms with E-state index in [4.69, 9.17) is 5.11 Å². The number of aliphatic hydroxyl groups is 1. The minimum atomic E-state index is -1.10. The third kappa shape index (κ3) is 3.00. The van der Waals surface area contributed by atoms with Crippen molar-refractivity contribution in [3.8, 4) is 0 Å². The predicted octanol–water partition coefficient (Wildman–Crippen LogP) is 1.30. The van der Waals surface area contributed by atoms with Gasteiger partial charge >= 0.3 is 0 Å². The summed E-state index contributed by atoms with van der Waals surface area (Å²) in [6.45, 7) is 1.48. The van der Waals surface area contributed by atoms with Gasteiger partial charge in [0.2, 0.25) is 0 Å². The van der Waals surface area contributed by atoms with Crippen LogP contribution in [0.15, 0.2) is 18.2 Å². The molecular weight excluding hydrogens is 216 g/mol. The van der Waals surface area contributed by atoms with Crippen LogP contribution in [0.3, 0.4) is 0 Å². The molecule has 0 aromatic heterocycles. The maximum atomic E-state index is 12.9. The number of rotatable bonds is 3. The number of carbonyl (C=O) groups is 1. The average Bonchev–Trinajstić information content (AvgIpc) is 2.22. The molecule has 0 fully saturated rings. The molecule has 1 rings (SSSR count). The van der Waals surface area contributed by atoms with E-state index in [0.29, 0.717) is 5.56 Å². The Morgan fingerprint density at radius 3 is 2.56 bits per heavy atom. The largest absolute Gasteiger partial charge is 0.384 e. The van der Waals surface area contributed by atoms with Gasteiger partial charge in [-0.1, -0.05) is 6.07 Å². The summed E-state index contributed by atoms with van der Waals surface area (Å²) in [5.74, 6) is -2.34. The molecule has 0 aliphatic carbocycles. The Bertz CT molecular complexity index is 394. The molecule has 0 aliphatic heterocycles. The molecule has 0 heterocycles. The van der Waals surface area contributed by atoms with Crippen LogP contribution >= 0.6 is 0 Å². The summed E-state index contributed by atoms with van der Waals surface area (Å²) in [5.41, 5.74) is 0.468. The van der Waals surface area contributed by atoms with Crippen molar-refractivity contribution in [1.82, 2.24) is 4.90 Å². The van der Waals surface area contributed by atoms with Gasteiger partial charge in [0.25, 0.3) is 5.91 Å². The van der Waals surface area contributed by atoms with Crippen molar-refractivity contribution in [3.63, 3.8) is 0 Å². The van der Waals surface area contributed by atoms with Crippen LogP contribution in [0.1, 0.15) is 12.5 Å². The van der Waals surface area contributed by atoms with Gasteiger partial charge in [-0.3, -0.25) is 4.79 Å². The normalized spacial score (nSPS) is 12.3. The summed E-state index contributed by atoms with van der Waals surface area (Å²) >= 11 is 0. The number of benzene rings is 1. The number of hydrogen-bond acceptors (Lipinski definition) is 2. The van der Waals surface area contributed by atoms with E-state index in [-0.39, 0.29) is 6.54 Å². The molecule has 1 aromatic rings. The first-order valence-electron chi connectivity index (χ1n) is 4.78. The highest BCUT2D eigenvalue weighted by molar-refractivity contribution is 5.79. The van der Waals surface area contributed by atoms with Crippen molar-refractivity contribution >= 4 is 5.91 Å². The van der Waals surface area contributed by atoms with Gasteiger partial charge in [0.15, 0.2) is 11.6 Å². The lowest BCUT2D eigenvalue weighted by Gasteiger charge is -2.18. The monoisotopic (exact) mass is 229 g/mol. The van der Waals surface area contributed by atoms with Gasteiger partial charge < -0.3 is 10.0 Å². The lowest BCUT2D eigenvalue weighted by molar-refractivity contribution is -0.138. The summed E-state index contributed by atoms with van der Waals surface area (Å²) in [6, 6.07) is 3.43. The standard InChI is InChI=1S/C11H13F2NO2/c1-7(15)11(16)14(2)6-8-3-4-9(12)10(13)5-8/h3-5,7,15H,6H2,1-2H3. The molecule has 0 aliphatic rings. The van der Waals surface area contributed by atoms with Gasteiger partial charge in [-0.25, -0.2) is 8.78 Å². The minimum absolute atomic E-state index is 0.126. The first-order chi connectivity index (χ1) is 7.41. The number of hydrogen-bond donors (Lipinski definition) is 1. The molecule has 0 bridgehead atoms. The van der Waals surface area contributed by atoms with Gasteiger partial charge in [0, 0.05) is 13.6 Å². The predicted molar refractivity (Wildman–Crippen MR) is 54.5 cm³/mol. The molecule has 3 nitrogen and oxygen atoms in total. The zero-order valence-corrected chi connectivity index (χ0v) is 9.08. The summed E-state index contributed by atoms with van der Waals surface area (Å²) in [4.78, 5) is 12.6. The number of nitrogens with zero attached hydrogens (tertiary/aromatic N) is 1. The van der Waals surface area contributed by atoms with E-state index in [0.717, 1.165) is 12.1 Å². The number of carbonyl (C=O) groups excluding carboxylic acids is 1. The zero-order chi connectivity index (χ0) is 12.3. The maximum Gasteiger partial charge on any atom is 0.251 e. The van der Waals surface area contributed by atoms with Crippen LogP contribution in [0.5, 0.6) is 0 Å². The fraction of sp³-hybridized carbons (Fsp3) is 0.364. The smallest absolute Gasteiger partial charge is 0.251 e. The quantitative estimate of drug-likeness (QED) is 0.848. The molecule has 16 heavy (non-hydrogen) atoms. The fourth-order valence-electron chi connectivity index (χ4n) is 1.31. The molecule has 1 amide bonds. The second kappa shape index (κ2) is 5.03. The van der Waals surface area contributed by atoms with E-state index in [1.54, 1.807) is 0 Å². The molecule has 0 saturated carbocycles. The second-order valence-electron chi connectivity index (χ2n) is 3.62. The molecule has 0 saturated heterocycles. The Morgan fingerprint density at radius 1 is 1.44 bits per heavy atom. The molecule has 1 aromatic carbocycles. The summed E-state index contributed by atoms with van der Waals surface area (Å²) in [6.07, 6.45) is -1.10. The highest BCUT2D eigenvalue weighted by atomic mass is 19.2. The first kappa shape index (κ1) is 12.6. The Kier molecular flexibility index (Phi) is 3.95. The molecule has 0 radical (unpaired) electrons. The van der Waals surface area contributed by atoms with E-state index in [9.17, 15) is 13.6 Å². The van der Waals surface area contributed by atoms with Gasteiger partial charge in [-0.15, -0.1) is 0 Å². The highest BCUT2D eigenvalue weighted by Gasteiger charge is 2.15. The van der Waals surface area contributed by atoms with Crippen molar-refractivity contribution in [2.75, 3.05) is 7.05 Å². The highest BCUT2D eigenvalue weighted by Crippen LogP contribution is 2.10. The Hall–Kier alpha value is -1.49. The average molecular weight is 229 g/mol. The number of amides is 1. The van der Waals surface area contributed by atoms with Crippen molar-refractivity contribution < 1.29 is 18.7 Å². The molecular formula is C11H13F2NO2. The molecule has 5 heteroatoms. The SMILES string of the molecule is CC(O)C(=O)N(C)Cc1ccc(F)c(F)c1. The van der Waals surface area contributed by atoms with Crippen LogP contribution < -0.4 is 0 Å². The van der Waals surface area contributed by atoms with Gasteiger partial charge in [0.05, 0.1) is 0 Å². The van der Waals surface area contributed by atoms with E-state index in [1.807, 2.05) is 0 Å². The zero-order valence-electron chi connectivity index (χ0n) is 9.08. The summed E-state index contributed by atoms with van der Waals surface area (Å²) in [7, 11) is 1.48. The molecule has 1 atom stereocenters.